The molecule has 56 heteroatoms. The number of hydrogen-bond acceptors (Lipinski definition) is 39. The Bertz CT molecular complexity index is 8100. The molecule has 145 heavy (non-hydrogen) atoms. The number of halogens is 1. The van der Waals surface area contributed by atoms with E-state index in [1.165, 1.54) is 26.0 Å². The van der Waals surface area contributed by atoms with Crippen LogP contribution in [-0.4, -0.2) is 132 Å². The van der Waals surface area contributed by atoms with Gasteiger partial charge in [-0.15, -0.1) is 35.0 Å². The van der Waals surface area contributed by atoms with Gasteiger partial charge in [-0.25, -0.2) is 50.5 Å². The predicted octanol–water partition coefficient (Wildman–Crippen LogP) is -0.514. The zero-order valence-electron chi connectivity index (χ0n) is 78.1. The summed E-state index contributed by atoms with van der Waals surface area (Å²) in [4.78, 5) is 23.0. The van der Waals surface area contributed by atoms with Gasteiger partial charge in [0.25, 0.3) is 0 Å². The third-order valence-electron chi connectivity index (χ3n) is 19.5. The maximum absolute atomic E-state index is 12.6. The van der Waals surface area contributed by atoms with Gasteiger partial charge in [0, 0.05) is 105 Å². The van der Waals surface area contributed by atoms with Crippen molar-refractivity contribution in [2.45, 2.75) is 53.2 Å². The van der Waals surface area contributed by atoms with Gasteiger partial charge >= 0.3 is 124 Å². The molecule has 0 fully saturated rings. The number of nitrogens with two attached hydrogens (primary N) is 1. The van der Waals surface area contributed by atoms with E-state index >= 15 is 0 Å². The minimum absolute atomic E-state index is 0. The van der Waals surface area contributed by atoms with Crippen LogP contribution in [0.15, 0.2) is 305 Å². The van der Waals surface area contributed by atoms with E-state index in [1.807, 2.05) is 135 Å². The maximum atomic E-state index is 12.6. The van der Waals surface area contributed by atoms with Gasteiger partial charge in [0.05, 0.1) is 73.9 Å². The van der Waals surface area contributed by atoms with Crippen molar-refractivity contribution in [2.24, 2.45) is 30.7 Å². The average Bonchev–Trinajstić information content (AvgIpc) is 1.19. The van der Waals surface area contributed by atoms with Crippen LogP contribution in [0.2, 0.25) is 5.02 Å². The molecule has 9 N–H and O–H groups in total. The van der Waals surface area contributed by atoms with Crippen LogP contribution in [0.5, 0.6) is 0 Å². The topological polar surface area (TPSA) is 672 Å². The van der Waals surface area contributed by atoms with Crippen LogP contribution >= 0.6 is 34.3 Å². The molecular weight excluding hydrogens is 2040 g/mol. The van der Waals surface area contributed by atoms with Crippen LogP contribution in [0.3, 0.4) is 0 Å². The molecule has 2 aromatic heterocycles. The molecule has 0 aliphatic rings. The molecule has 14 aromatic rings. The first-order chi connectivity index (χ1) is 65.5. The van der Waals surface area contributed by atoms with E-state index < -0.39 is 108 Å². The Morgan fingerprint density at radius 1 is 0.434 bits per heavy atom. The zero-order valence-corrected chi connectivity index (χ0v) is 86.2. The molecule has 720 valence electrons. The largest absolute Gasteiger partial charge is 1.00 e. The summed E-state index contributed by atoms with van der Waals surface area (Å²) in [6.45, 7) is 6.77. The summed E-state index contributed by atoms with van der Waals surface area (Å²) in [7, 11) is -33.6. The number of fused-ring (bicyclic) bond motifs is 2. The number of azo groups is 3. The summed E-state index contributed by atoms with van der Waals surface area (Å²) in [6, 6.07) is 73.4. The quantitative estimate of drug-likeness (QED) is 0.00923. The number of nitrogens with zero attached hydrogens (tertiary/aromatic N) is 9. The van der Waals surface area contributed by atoms with Gasteiger partial charge in [0.1, 0.15) is 78.9 Å². The minimum Gasteiger partial charge on any atom is -0.748 e. The molecule has 0 radical (unpaired) electrons. The fourth-order valence-electron chi connectivity index (χ4n) is 13.6. The molecule has 1 unspecified atom stereocenters. The molecule has 40 nitrogen and oxygen atoms in total. The van der Waals surface area contributed by atoms with Crippen molar-refractivity contribution in [2.75, 3.05) is 56.5 Å². The van der Waals surface area contributed by atoms with Gasteiger partial charge in [0.15, 0.2) is 5.00 Å². The van der Waals surface area contributed by atoms with Crippen molar-refractivity contribution in [1.82, 2.24) is 5.64 Å². The summed E-state index contributed by atoms with van der Waals surface area (Å²) >= 11 is 7.76. The number of amides is 2. The van der Waals surface area contributed by atoms with Crippen molar-refractivity contribution in [3.8, 4) is 34.4 Å². The van der Waals surface area contributed by atoms with Gasteiger partial charge in [-0.3, -0.25) is 19.3 Å². The maximum Gasteiger partial charge on any atom is 1.00 e. The predicted molar refractivity (Wildman–Crippen MR) is 514 cm³/mol. The van der Waals surface area contributed by atoms with Crippen LogP contribution in [0.1, 0.15) is 58.7 Å². The second kappa shape index (κ2) is 54.5. The second-order valence-corrected chi connectivity index (χ2v) is 41.3. The number of nitrogens with one attached hydrogen (secondary N) is 5. The summed E-state index contributed by atoms with van der Waals surface area (Å²) in [5, 5.41) is 64.1. The van der Waals surface area contributed by atoms with Crippen molar-refractivity contribution in [3.05, 3.63) is 299 Å². The Morgan fingerprint density at radius 3 is 1.28 bits per heavy atom. The molecule has 0 spiro atoms. The van der Waals surface area contributed by atoms with Crippen LogP contribution < -0.4 is 151 Å². The monoisotopic (exact) mass is 2120 g/mol. The molecule has 2 amide bonds. The Kier molecular flexibility index (Phi) is 47.0. The van der Waals surface area contributed by atoms with Crippen LogP contribution in [0.25, 0.3) is 43.8 Å². The van der Waals surface area contributed by atoms with Crippen LogP contribution in [0, 0.1) is 36.5 Å². The number of nitriles is 2. The Hall–Kier alpha value is -10.4. The SMILES string of the molecule is CC(=O)Nc1cc(C(c2ccc(C)cc2)c2ccc(NCCS(=O)(=O)[O-])cc2)ccc1N=Nc1sc(N=Nc2cc(S(=O)(=O)[O-])c3cccc(S(=O)(=O)[O-])c3c2)c(-c2ccccc2)c1C#N.CC(=O)Nc1cccc(N(c2ccc(C)cc2)c2ccc(NCCS(=O)(=O)[O-])cc2)c1.N#Cc1c(N)sc(N=Nc2cc(S(=O)(=O)[O-])c3cccc(S(=O)(=O)[O-])c3c2)c1-c1ccc(Cl)cc1.O=S(=O)(O)ONO.[Li+].[Li+].[Li+].[Li+].[Li+].[Li+]. The fraction of sp³-hybridized carbons (Fsp3) is 0.101. The Morgan fingerprint density at radius 2 is 0.848 bits per heavy atom. The van der Waals surface area contributed by atoms with Gasteiger partial charge in [-0.05, 0) is 169 Å². The number of anilines is 8. The van der Waals surface area contributed by atoms with Gasteiger partial charge in [0.2, 0.25) is 11.8 Å². The number of benzene rings is 12. The number of carbonyl (C=O) groups is 2. The molecule has 1 atom stereocenters. The van der Waals surface area contributed by atoms with E-state index in [1.54, 1.807) is 78.9 Å². The van der Waals surface area contributed by atoms with E-state index in [0.29, 0.717) is 38.8 Å². The molecule has 12 aromatic carbocycles. The number of carbonyl (C=O) groups excluding carboxylic acids is 2. The van der Waals surface area contributed by atoms with E-state index in [2.05, 4.69) is 67.2 Å². The Labute approximate surface area is 918 Å². The number of hydrogen-bond donors (Lipinski definition) is 8. The smallest absolute Gasteiger partial charge is 0.748 e. The Balaban J connectivity index is 0.000000395. The van der Waals surface area contributed by atoms with Gasteiger partial charge in [-0.2, -0.15) is 18.9 Å². The second-order valence-electron chi connectivity index (χ2n) is 29.4. The first-order valence-electron chi connectivity index (χ1n) is 39.7. The van der Waals surface area contributed by atoms with Crippen molar-refractivity contribution in [1.29, 1.82) is 10.5 Å². The number of nitrogen functional groups attached to an aromatic ring is 1. The molecule has 0 saturated heterocycles. The summed E-state index contributed by atoms with van der Waals surface area (Å²) in [6.07, 6.45) is 0. The van der Waals surface area contributed by atoms with E-state index in [0.717, 1.165) is 122 Å². The third-order valence-corrected chi connectivity index (χ3v) is 26.9. The molecular formula is C89H72ClLi6N15O25S9. The number of aryl methyl sites for hydroxylation is 2. The van der Waals surface area contributed by atoms with Gasteiger partial charge < -0.3 is 59.2 Å². The van der Waals surface area contributed by atoms with Gasteiger partial charge in [-0.1, -0.05) is 178 Å². The van der Waals surface area contributed by atoms with E-state index in [4.69, 9.17) is 27.1 Å². The standard InChI is InChI=1S/C45H37N7O10S4.C23H25N3O4S.C21H13ClN4O6S3.6Li.H3NO5S/c1-27-11-13-30(14-12-27)42(31-15-18-33(19-16-31)47-21-22-64(54,55)56)32-17-20-38(39(23-32)48-28(2)53)50-51-44-37(26-46)43(29-7-4-3-5-8-29)45(63-44)52-49-34-24-36-35(41(25-34)66(60,61)62)9-6-10-40(36)65(57,58)59;1-17-6-10-21(11-7-17)26(23-5-3-4-20(16-23)25-18(2)27)22-12-8-19(9-13-22)24-14-15-31(28,29)30;22-12-6-4-11(5-7-12)19-16(10-23)20(24)33-21(19)26-25-13-8-15-14(18(9-13)35(30,31)32)2-1-3-17(15)34(27,28)29;;;;;;;2-1-6-7(3,4)5/h3-20,23-25,42,47H,21-22H2,1-2H3,(H,48,53)(H,54,55,56)(H,57,58,59)(H,60,61,62);3-13,16,24H,14-15H2,1-2H3,(H,25,27)(H,28,29,30);1-9H,24H2,(H,27,28,29)(H,30,31,32);;;;;;;1-2H,(H,3,4,5)/q;;;6*+1;/p-6. The number of thiophene rings is 2. The summed E-state index contributed by atoms with van der Waals surface area (Å²) < 4.78 is 239. The molecule has 0 aliphatic heterocycles. The van der Waals surface area contributed by atoms with E-state index in [9.17, 15) is 106 Å². The first-order valence-corrected chi connectivity index (χ1v) is 51.9. The number of rotatable bonds is 30. The first kappa shape index (κ1) is 125. The summed E-state index contributed by atoms with van der Waals surface area (Å²) in [5.74, 6) is -1.96. The molecule has 2 heterocycles. The fourth-order valence-corrected chi connectivity index (χ4v) is 19.1. The zero-order chi connectivity index (χ0) is 101. The average molecular weight is 2120 g/mol. The minimum atomic E-state index is -5.21. The molecule has 0 aliphatic carbocycles. The van der Waals surface area contributed by atoms with Crippen molar-refractivity contribution < 1.29 is 223 Å². The van der Waals surface area contributed by atoms with Crippen molar-refractivity contribution in [3.63, 3.8) is 0 Å². The summed E-state index contributed by atoms with van der Waals surface area (Å²) in [5.41, 5.74) is 18.0. The molecule has 14 rings (SSSR count). The van der Waals surface area contributed by atoms with Crippen molar-refractivity contribution >= 4 is 216 Å². The van der Waals surface area contributed by atoms with E-state index in [-0.39, 0.29) is 219 Å². The van der Waals surface area contributed by atoms with Crippen LogP contribution in [-0.2, 0) is 85.0 Å². The van der Waals surface area contributed by atoms with Crippen LogP contribution in [0.4, 0.5) is 76.9 Å². The molecule has 0 bridgehead atoms. The normalized spacial score (nSPS) is 11.7. The molecule has 0 saturated carbocycles. The third kappa shape index (κ3) is 35.4.